The Morgan fingerprint density at radius 3 is 2.09 bits per heavy atom. The van der Waals surface area contributed by atoms with Gasteiger partial charge >= 0.3 is 0 Å². The zero-order chi connectivity index (χ0) is 22.8. The maximum absolute atomic E-state index is 14.2. The first kappa shape index (κ1) is 24.4. The van der Waals surface area contributed by atoms with Gasteiger partial charge in [0.15, 0.2) is 11.6 Å². The van der Waals surface area contributed by atoms with Gasteiger partial charge in [-0.1, -0.05) is 107 Å². The van der Waals surface area contributed by atoms with Gasteiger partial charge in [-0.05, 0) is 30.5 Å². The normalized spacial score (nSPS) is 11.2. The summed E-state index contributed by atoms with van der Waals surface area (Å²) in [7, 11) is 1.82. The largest absolute Gasteiger partial charge is 0.248 e. The molecule has 3 rings (SSSR count). The third-order valence-electron chi connectivity index (χ3n) is 5.98. The number of hydrogen-bond acceptors (Lipinski definition) is 2. The van der Waals surface area contributed by atoms with E-state index >= 15 is 0 Å². The standard InChI is InChI=1S/C27H35ClFN3/c1-3-4-5-6-7-8-9-10-11-12-14-21-17-19-22(20-18-21)27-30-26(31-32(27)2)25-23(28)15-13-16-24(25)29/h13,15-20H,3-12,14H2,1-2H3. The molecule has 1 heterocycles. The Morgan fingerprint density at radius 2 is 1.47 bits per heavy atom. The van der Waals surface area contributed by atoms with Gasteiger partial charge in [-0.3, -0.25) is 0 Å². The number of halogens is 2. The van der Waals surface area contributed by atoms with E-state index in [1.165, 1.54) is 75.8 Å². The Hall–Kier alpha value is -2.20. The Bertz CT molecular complexity index is 945. The lowest BCUT2D eigenvalue weighted by atomic mass is 10.0. The molecule has 0 aliphatic rings. The van der Waals surface area contributed by atoms with Crippen molar-refractivity contribution in [1.29, 1.82) is 0 Å². The minimum absolute atomic E-state index is 0.244. The van der Waals surface area contributed by atoms with Gasteiger partial charge in [-0.25, -0.2) is 14.1 Å². The van der Waals surface area contributed by atoms with Crippen LogP contribution in [0, 0.1) is 5.82 Å². The summed E-state index contributed by atoms with van der Waals surface area (Å²) in [5.74, 6) is 0.589. The molecule has 0 amide bonds. The lowest BCUT2D eigenvalue weighted by Gasteiger charge is -2.05. The number of aryl methyl sites for hydroxylation is 2. The van der Waals surface area contributed by atoms with Crippen molar-refractivity contribution in [2.45, 2.75) is 77.6 Å². The van der Waals surface area contributed by atoms with E-state index in [2.05, 4.69) is 41.3 Å². The Morgan fingerprint density at radius 1 is 0.844 bits per heavy atom. The summed E-state index contributed by atoms with van der Waals surface area (Å²) in [6.07, 6.45) is 14.6. The second-order valence-corrected chi connectivity index (χ2v) is 9.02. The van der Waals surface area contributed by atoms with E-state index < -0.39 is 5.82 Å². The number of benzene rings is 2. The summed E-state index contributed by atoms with van der Waals surface area (Å²) in [6.45, 7) is 2.27. The first-order chi connectivity index (χ1) is 15.6. The van der Waals surface area contributed by atoms with Crippen LogP contribution in [0.4, 0.5) is 4.39 Å². The molecule has 0 N–H and O–H groups in total. The molecule has 0 bridgehead atoms. The summed E-state index contributed by atoms with van der Waals surface area (Å²) in [6, 6.07) is 13.1. The zero-order valence-corrected chi connectivity index (χ0v) is 20.2. The fourth-order valence-electron chi connectivity index (χ4n) is 4.09. The average Bonchev–Trinajstić information content (AvgIpc) is 3.16. The third kappa shape index (κ3) is 6.90. The van der Waals surface area contributed by atoms with Gasteiger partial charge in [-0.15, -0.1) is 0 Å². The van der Waals surface area contributed by atoms with Crippen molar-refractivity contribution in [1.82, 2.24) is 14.8 Å². The van der Waals surface area contributed by atoms with Gasteiger partial charge in [0, 0.05) is 12.6 Å². The number of nitrogens with zero attached hydrogens (tertiary/aromatic N) is 3. The van der Waals surface area contributed by atoms with Gasteiger partial charge in [0.05, 0.1) is 10.6 Å². The van der Waals surface area contributed by atoms with Gasteiger partial charge in [0.25, 0.3) is 0 Å². The number of aromatic nitrogens is 3. The highest BCUT2D eigenvalue weighted by molar-refractivity contribution is 6.33. The highest BCUT2D eigenvalue weighted by Crippen LogP contribution is 2.30. The second kappa shape index (κ2) is 12.7. The van der Waals surface area contributed by atoms with Crippen LogP contribution in [0.2, 0.25) is 5.02 Å². The molecular formula is C27H35ClFN3. The maximum Gasteiger partial charge on any atom is 0.186 e. The minimum Gasteiger partial charge on any atom is -0.248 e. The molecule has 0 atom stereocenters. The first-order valence-corrected chi connectivity index (χ1v) is 12.4. The van der Waals surface area contributed by atoms with Crippen LogP contribution < -0.4 is 0 Å². The van der Waals surface area contributed by atoms with Crippen molar-refractivity contribution in [3.8, 4) is 22.8 Å². The van der Waals surface area contributed by atoms with Crippen LogP contribution in [0.15, 0.2) is 42.5 Å². The molecule has 172 valence electrons. The average molecular weight is 456 g/mol. The van der Waals surface area contributed by atoms with E-state index in [-0.39, 0.29) is 5.56 Å². The summed E-state index contributed by atoms with van der Waals surface area (Å²) in [5, 5.41) is 4.70. The first-order valence-electron chi connectivity index (χ1n) is 12.0. The number of unbranched alkanes of at least 4 members (excludes halogenated alkanes) is 9. The molecule has 0 aliphatic heterocycles. The van der Waals surface area contributed by atoms with Gasteiger partial charge in [-0.2, -0.15) is 5.10 Å². The number of hydrogen-bond donors (Lipinski definition) is 0. The van der Waals surface area contributed by atoms with Gasteiger partial charge in [0.2, 0.25) is 0 Å². The second-order valence-electron chi connectivity index (χ2n) is 8.61. The van der Waals surface area contributed by atoms with E-state index in [4.69, 9.17) is 11.6 Å². The molecule has 0 aliphatic carbocycles. The van der Waals surface area contributed by atoms with Gasteiger partial charge in [0.1, 0.15) is 5.82 Å². The molecule has 0 spiro atoms. The third-order valence-corrected chi connectivity index (χ3v) is 6.30. The van der Waals surface area contributed by atoms with Crippen LogP contribution in [0.1, 0.15) is 76.7 Å². The molecular weight excluding hydrogens is 421 g/mol. The topological polar surface area (TPSA) is 30.7 Å². The lowest BCUT2D eigenvalue weighted by molar-refractivity contribution is 0.556. The van der Waals surface area contributed by atoms with E-state index in [1.54, 1.807) is 16.8 Å². The molecule has 3 aromatic rings. The van der Waals surface area contributed by atoms with Crippen molar-refractivity contribution >= 4 is 11.6 Å². The predicted octanol–water partition coefficient (Wildman–Crippen LogP) is 8.41. The van der Waals surface area contributed by atoms with Crippen LogP contribution in [-0.2, 0) is 13.5 Å². The Kier molecular flexibility index (Phi) is 9.73. The van der Waals surface area contributed by atoms with Crippen LogP contribution >= 0.6 is 11.6 Å². The molecule has 1 aromatic heterocycles. The van der Waals surface area contributed by atoms with Crippen molar-refractivity contribution < 1.29 is 4.39 Å². The van der Waals surface area contributed by atoms with Crippen molar-refractivity contribution in [3.63, 3.8) is 0 Å². The Labute approximate surface area is 197 Å². The van der Waals surface area contributed by atoms with E-state index in [1.807, 2.05) is 7.05 Å². The smallest absolute Gasteiger partial charge is 0.186 e. The molecule has 0 saturated heterocycles. The highest BCUT2D eigenvalue weighted by Gasteiger charge is 2.17. The SMILES string of the molecule is CCCCCCCCCCCCc1ccc(-c2nc(-c3c(F)cccc3Cl)nn2C)cc1. The molecule has 0 fully saturated rings. The predicted molar refractivity (Wildman–Crippen MR) is 132 cm³/mol. The lowest BCUT2D eigenvalue weighted by Crippen LogP contribution is -1.95. The maximum atomic E-state index is 14.2. The molecule has 0 unspecified atom stereocenters. The quantitative estimate of drug-likeness (QED) is 0.242. The van der Waals surface area contributed by atoms with Gasteiger partial charge < -0.3 is 0 Å². The molecule has 32 heavy (non-hydrogen) atoms. The summed E-state index contributed by atoms with van der Waals surface area (Å²) >= 11 is 6.18. The fraction of sp³-hybridized carbons (Fsp3) is 0.481. The molecule has 0 saturated carbocycles. The summed E-state index contributed by atoms with van der Waals surface area (Å²) in [4.78, 5) is 4.56. The zero-order valence-electron chi connectivity index (χ0n) is 19.4. The van der Waals surface area contributed by atoms with E-state index in [9.17, 15) is 4.39 Å². The fourth-order valence-corrected chi connectivity index (χ4v) is 4.34. The summed E-state index contributed by atoms with van der Waals surface area (Å²) < 4.78 is 15.9. The highest BCUT2D eigenvalue weighted by atomic mass is 35.5. The van der Waals surface area contributed by atoms with Crippen LogP contribution in [0.3, 0.4) is 0 Å². The molecule has 3 nitrogen and oxygen atoms in total. The molecule has 5 heteroatoms. The Balaban J connectivity index is 1.47. The van der Waals surface area contributed by atoms with Crippen LogP contribution in [0.5, 0.6) is 0 Å². The monoisotopic (exact) mass is 455 g/mol. The van der Waals surface area contributed by atoms with Crippen molar-refractivity contribution in [2.24, 2.45) is 7.05 Å². The van der Waals surface area contributed by atoms with Crippen molar-refractivity contribution in [2.75, 3.05) is 0 Å². The van der Waals surface area contributed by atoms with E-state index in [0.717, 1.165) is 12.0 Å². The van der Waals surface area contributed by atoms with Crippen LogP contribution in [-0.4, -0.2) is 14.8 Å². The minimum atomic E-state index is -0.415. The molecule has 2 aromatic carbocycles. The van der Waals surface area contributed by atoms with Crippen molar-refractivity contribution in [3.05, 3.63) is 58.9 Å². The molecule has 0 radical (unpaired) electrons. The van der Waals surface area contributed by atoms with E-state index in [0.29, 0.717) is 16.7 Å². The van der Waals surface area contributed by atoms with Crippen LogP contribution in [0.25, 0.3) is 22.8 Å². The number of rotatable bonds is 13. The summed E-state index contributed by atoms with van der Waals surface area (Å²) in [5.41, 5.74) is 2.55.